The van der Waals surface area contributed by atoms with Crippen molar-refractivity contribution >= 4 is 5.91 Å². The molecule has 0 rings (SSSR count). The number of rotatable bonds is 3. The molecular formula is C9H21ClN2O2. The molecule has 5 heteroatoms. The highest BCUT2D eigenvalue weighted by Gasteiger charge is 2.09. The number of quaternary nitrogens is 1. The zero-order chi connectivity index (χ0) is 11.1. The molecule has 1 atom stereocenters. The van der Waals surface area contributed by atoms with Crippen molar-refractivity contribution in [2.75, 3.05) is 27.7 Å². The molecule has 3 N–H and O–H groups in total. The van der Waals surface area contributed by atoms with Gasteiger partial charge in [0.25, 0.3) is 0 Å². The summed E-state index contributed by atoms with van der Waals surface area (Å²) in [6, 6.07) is 0. The third kappa shape index (κ3) is 30.1. The van der Waals surface area contributed by atoms with Crippen LogP contribution in [0.25, 0.3) is 0 Å². The van der Waals surface area contributed by atoms with Gasteiger partial charge in [0.1, 0.15) is 12.6 Å². The molecule has 0 aromatic rings. The molecule has 4 nitrogen and oxygen atoms in total. The van der Waals surface area contributed by atoms with Gasteiger partial charge in [-0.3, -0.25) is 4.79 Å². The van der Waals surface area contributed by atoms with Crippen molar-refractivity contribution in [2.45, 2.75) is 13.0 Å². The number of nitrogens with zero attached hydrogens (tertiary/aromatic N) is 1. The van der Waals surface area contributed by atoms with Gasteiger partial charge in [-0.25, -0.2) is 0 Å². The van der Waals surface area contributed by atoms with Crippen molar-refractivity contribution in [1.29, 1.82) is 0 Å². The number of carbonyl (C=O) groups is 1. The number of nitrogens with two attached hydrogens (primary N) is 1. The van der Waals surface area contributed by atoms with Gasteiger partial charge < -0.3 is 27.7 Å². The maximum atomic E-state index is 9.47. The Hall–Kier alpha value is -0.580. The summed E-state index contributed by atoms with van der Waals surface area (Å²) in [5.41, 5.74) is 4.53. The lowest BCUT2D eigenvalue weighted by molar-refractivity contribution is -0.873. The number of hydrogen-bond donors (Lipinski definition) is 2. The quantitative estimate of drug-likeness (QED) is 0.391. The molecule has 0 aliphatic rings. The summed E-state index contributed by atoms with van der Waals surface area (Å²) in [4.78, 5) is 9.47. The largest absolute Gasteiger partial charge is 1.00 e. The molecule has 1 amide bonds. The summed E-state index contributed by atoms with van der Waals surface area (Å²) in [5.74, 6) is -0.481. The third-order valence-electron chi connectivity index (χ3n) is 1.01. The summed E-state index contributed by atoms with van der Waals surface area (Å²) in [5, 5.41) is 8.87. The van der Waals surface area contributed by atoms with E-state index >= 15 is 0 Å². The van der Waals surface area contributed by atoms with E-state index in [0.717, 1.165) is 17.1 Å². The number of halogens is 1. The molecule has 14 heavy (non-hydrogen) atoms. The fraction of sp³-hybridized carbons (Fsp3) is 0.667. The highest BCUT2D eigenvalue weighted by atomic mass is 35.5. The van der Waals surface area contributed by atoms with E-state index in [1.807, 2.05) is 6.92 Å². The lowest BCUT2D eigenvalue weighted by Gasteiger charge is -2.24. The number of hydrogen-bond acceptors (Lipinski definition) is 2. The van der Waals surface area contributed by atoms with Crippen LogP contribution in [0, 0.1) is 0 Å². The number of carbonyl (C=O) groups excluding carboxylic acids is 1. The summed E-state index contributed by atoms with van der Waals surface area (Å²) in [6.07, 6.45) is 0.870. The number of primary amides is 1. The molecule has 0 saturated heterocycles. The summed E-state index contributed by atoms with van der Waals surface area (Å²) in [6.45, 7) is 5.71. The zero-order valence-corrected chi connectivity index (χ0v) is 10.1. The predicted molar refractivity (Wildman–Crippen MR) is 54.0 cm³/mol. The molecule has 0 spiro atoms. The van der Waals surface area contributed by atoms with Crippen molar-refractivity contribution in [3.8, 4) is 0 Å². The second-order valence-electron chi connectivity index (χ2n) is 3.93. The van der Waals surface area contributed by atoms with Crippen molar-refractivity contribution in [3.63, 3.8) is 0 Å². The van der Waals surface area contributed by atoms with Crippen LogP contribution in [0.2, 0.25) is 0 Å². The summed E-state index contributed by atoms with van der Waals surface area (Å²) >= 11 is 0. The average molecular weight is 225 g/mol. The van der Waals surface area contributed by atoms with Crippen LogP contribution in [-0.4, -0.2) is 49.3 Å². The van der Waals surface area contributed by atoms with Gasteiger partial charge >= 0.3 is 0 Å². The normalized spacial score (nSPS) is 11.5. The van der Waals surface area contributed by atoms with Gasteiger partial charge in [0.15, 0.2) is 0 Å². The Morgan fingerprint density at radius 3 is 1.86 bits per heavy atom. The molecule has 0 radical (unpaired) electrons. The molecule has 0 aliphatic heterocycles. The fourth-order valence-electron chi connectivity index (χ4n) is 0.793. The van der Waals surface area contributed by atoms with Crippen LogP contribution in [0.15, 0.2) is 12.7 Å². The van der Waals surface area contributed by atoms with Crippen LogP contribution in [0.4, 0.5) is 0 Å². The number of aliphatic hydroxyl groups is 1. The molecule has 0 aromatic heterocycles. The lowest BCUT2D eigenvalue weighted by Crippen LogP contribution is -3.00. The molecular weight excluding hydrogens is 204 g/mol. The van der Waals surface area contributed by atoms with Crippen molar-refractivity contribution in [3.05, 3.63) is 12.7 Å². The van der Waals surface area contributed by atoms with Crippen LogP contribution in [-0.2, 0) is 4.79 Å². The number of amides is 1. The SMILES string of the molecule is C=CC(N)=O.CC(O)C[N+](C)(C)C.[Cl-]. The van der Waals surface area contributed by atoms with E-state index in [9.17, 15) is 4.79 Å². The fourth-order valence-corrected chi connectivity index (χ4v) is 0.793. The molecule has 0 saturated carbocycles. The Morgan fingerprint density at radius 2 is 1.86 bits per heavy atom. The highest BCUT2D eigenvalue weighted by molar-refractivity contribution is 5.84. The minimum absolute atomic E-state index is 0. The summed E-state index contributed by atoms with van der Waals surface area (Å²) < 4.78 is 0.831. The summed E-state index contributed by atoms with van der Waals surface area (Å²) in [7, 11) is 6.19. The Bertz CT molecular complexity index is 165. The van der Waals surface area contributed by atoms with E-state index in [-0.39, 0.29) is 18.5 Å². The van der Waals surface area contributed by atoms with E-state index in [4.69, 9.17) is 5.11 Å². The van der Waals surface area contributed by atoms with Gasteiger partial charge in [-0.1, -0.05) is 6.58 Å². The van der Waals surface area contributed by atoms with E-state index in [2.05, 4.69) is 33.5 Å². The first-order valence-electron chi connectivity index (χ1n) is 4.09. The minimum Gasteiger partial charge on any atom is -1.00 e. The number of aliphatic hydroxyl groups excluding tert-OH is 1. The minimum atomic E-state index is -0.481. The van der Waals surface area contributed by atoms with Crippen LogP contribution in [0.5, 0.6) is 0 Å². The molecule has 0 aromatic carbocycles. The van der Waals surface area contributed by atoms with E-state index in [0.29, 0.717) is 0 Å². The van der Waals surface area contributed by atoms with Crippen molar-refractivity contribution in [2.24, 2.45) is 5.73 Å². The van der Waals surface area contributed by atoms with Crippen LogP contribution in [0.3, 0.4) is 0 Å². The molecule has 1 unspecified atom stereocenters. The van der Waals surface area contributed by atoms with Gasteiger partial charge in [0, 0.05) is 0 Å². The van der Waals surface area contributed by atoms with E-state index < -0.39 is 5.91 Å². The molecule has 0 fully saturated rings. The van der Waals surface area contributed by atoms with E-state index in [1.54, 1.807) is 0 Å². The maximum Gasteiger partial charge on any atom is 0.240 e. The Labute approximate surface area is 92.4 Å². The van der Waals surface area contributed by atoms with Gasteiger partial charge in [0.05, 0.1) is 21.1 Å². The van der Waals surface area contributed by atoms with Crippen LogP contribution >= 0.6 is 0 Å². The standard InChI is InChI=1S/C6H16NO.C3H5NO.ClH/c1-6(8)5-7(2,3)4;1-2-3(4)5;/h6,8H,5H2,1-4H3;2H,1H2,(H2,4,5);1H/q+1;;/p-1. The molecule has 86 valence electrons. The third-order valence-corrected chi connectivity index (χ3v) is 1.01. The molecule has 0 heterocycles. The first-order valence-corrected chi connectivity index (χ1v) is 4.09. The zero-order valence-electron chi connectivity index (χ0n) is 9.33. The predicted octanol–water partition coefficient (Wildman–Crippen LogP) is -3.26. The Kier molecular flexibility index (Phi) is 12.2. The second-order valence-corrected chi connectivity index (χ2v) is 3.93. The van der Waals surface area contributed by atoms with Crippen LogP contribution in [0.1, 0.15) is 6.92 Å². The Morgan fingerprint density at radius 1 is 1.57 bits per heavy atom. The van der Waals surface area contributed by atoms with Gasteiger partial charge in [-0.05, 0) is 13.0 Å². The monoisotopic (exact) mass is 224 g/mol. The number of likely N-dealkylation sites (N-methyl/N-ethyl adjacent to an activating group) is 1. The highest BCUT2D eigenvalue weighted by Crippen LogP contribution is 1.92. The van der Waals surface area contributed by atoms with Gasteiger partial charge in [0.2, 0.25) is 5.91 Å². The van der Waals surface area contributed by atoms with E-state index in [1.165, 1.54) is 0 Å². The smallest absolute Gasteiger partial charge is 0.240 e. The molecule has 0 bridgehead atoms. The first kappa shape index (κ1) is 19.1. The maximum absolute atomic E-state index is 9.47. The second kappa shape index (κ2) is 8.99. The topological polar surface area (TPSA) is 63.3 Å². The Balaban J connectivity index is -0.000000177. The molecule has 0 aliphatic carbocycles. The van der Waals surface area contributed by atoms with Crippen molar-refractivity contribution in [1.82, 2.24) is 0 Å². The van der Waals surface area contributed by atoms with Gasteiger partial charge in [-0.2, -0.15) is 0 Å². The van der Waals surface area contributed by atoms with Crippen molar-refractivity contribution < 1.29 is 26.8 Å². The lowest BCUT2D eigenvalue weighted by atomic mass is 10.3. The first-order chi connectivity index (χ1) is 5.69. The van der Waals surface area contributed by atoms with Crippen LogP contribution < -0.4 is 18.1 Å². The van der Waals surface area contributed by atoms with Gasteiger partial charge in [-0.15, -0.1) is 0 Å². The average Bonchev–Trinajstić information content (AvgIpc) is 1.83.